The third kappa shape index (κ3) is 2.81. The van der Waals surface area contributed by atoms with Gasteiger partial charge in [-0.1, -0.05) is 18.5 Å². The van der Waals surface area contributed by atoms with E-state index in [0.717, 1.165) is 6.42 Å². The van der Waals surface area contributed by atoms with E-state index in [9.17, 15) is 4.39 Å². The van der Waals surface area contributed by atoms with Gasteiger partial charge in [0.05, 0.1) is 30.6 Å². The molecule has 3 rings (SSSR count). The maximum atomic E-state index is 13.3. The van der Waals surface area contributed by atoms with Crippen LogP contribution in [-0.2, 0) is 21.8 Å². The number of hydrogen-bond acceptors (Lipinski definition) is 3. The van der Waals surface area contributed by atoms with Crippen molar-refractivity contribution < 1.29 is 13.9 Å². The van der Waals surface area contributed by atoms with Crippen LogP contribution in [0.5, 0.6) is 0 Å². The Hall–Kier alpha value is -1.43. The average Bonchev–Trinajstić information content (AvgIpc) is 3.09. The maximum absolute atomic E-state index is 13.3. The minimum Gasteiger partial charge on any atom is -0.342 e. The van der Waals surface area contributed by atoms with Gasteiger partial charge in [-0.15, -0.1) is 0 Å². The highest BCUT2D eigenvalue weighted by molar-refractivity contribution is 6.31. The summed E-state index contributed by atoms with van der Waals surface area (Å²) < 4.78 is 27.2. The van der Waals surface area contributed by atoms with Gasteiger partial charge in [0, 0.05) is 18.0 Å². The van der Waals surface area contributed by atoms with E-state index in [0.29, 0.717) is 23.7 Å². The molecule has 2 unspecified atom stereocenters. The molecule has 1 aliphatic heterocycles. The minimum absolute atomic E-state index is 0.00496. The van der Waals surface area contributed by atoms with Gasteiger partial charge in [-0.3, -0.25) is 0 Å². The van der Waals surface area contributed by atoms with Crippen LogP contribution in [0.15, 0.2) is 36.9 Å². The monoisotopic (exact) mass is 310 g/mol. The number of rotatable bonds is 4. The zero-order valence-electron chi connectivity index (χ0n) is 11.6. The highest BCUT2D eigenvalue weighted by Crippen LogP contribution is 2.40. The molecule has 2 atom stereocenters. The number of nitrogens with zero attached hydrogens (tertiary/aromatic N) is 2. The van der Waals surface area contributed by atoms with Crippen LogP contribution < -0.4 is 0 Å². The summed E-state index contributed by atoms with van der Waals surface area (Å²) in [5, 5.41) is 0.298. The number of halogens is 2. The fourth-order valence-corrected chi connectivity index (χ4v) is 2.81. The van der Waals surface area contributed by atoms with Crippen LogP contribution in [0.2, 0.25) is 5.02 Å². The van der Waals surface area contributed by atoms with Crippen molar-refractivity contribution in [3.05, 3.63) is 53.3 Å². The Balaban J connectivity index is 1.99. The lowest BCUT2D eigenvalue weighted by atomic mass is 10.1. The molecule has 2 aromatic rings. The minimum atomic E-state index is -1.01. The Morgan fingerprint density at radius 1 is 1.52 bits per heavy atom. The molecular formula is C15H16ClFN2O2. The SMILES string of the molecule is CCC1COC(Cn2ccnc2)(c2ccc(F)cc2Cl)O1. The van der Waals surface area contributed by atoms with Crippen LogP contribution in [-0.4, -0.2) is 22.3 Å². The number of hydrogen-bond donors (Lipinski definition) is 0. The first-order valence-electron chi connectivity index (χ1n) is 6.86. The first kappa shape index (κ1) is 14.5. The second-order valence-electron chi connectivity index (χ2n) is 5.07. The van der Waals surface area contributed by atoms with E-state index >= 15 is 0 Å². The molecule has 21 heavy (non-hydrogen) atoms. The summed E-state index contributed by atoms with van der Waals surface area (Å²) in [6, 6.07) is 4.26. The predicted molar refractivity (Wildman–Crippen MR) is 76.4 cm³/mol. The zero-order chi connectivity index (χ0) is 14.9. The van der Waals surface area contributed by atoms with E-state index in [1.54, 1.807) is 18.6 Å². The van der Waals surface area contributed by atoms with Gasteiger partial charge in [0.1, 0.15) is 5.82 Å². The number of imidazole rings is 1. The Bertz CT molecular complexity index is 620. The Kier molecular flexibility index (Phi) is 3.97. The number of aromatic nitrogens is 2. The van der Waals surface area contributed by atoms with Crippen molar-refractivity contribution in [2.24, 2.45) is 0 Å². The molecule has 1 aliphatic rings. The zero-order valence-corrected chi connectivity index (χ0v) is 12.4. The molecule has 0 amide bonds. The van der Waals surface area contributed by atoms with Gasteiger partial charge in [-0.2, -0.15) is 0 Å². The Morgan fingerprint density at radius 2 is 2.38 bits per heavy atom. The number of ether oxygens (including phenoxy) is 2. The van der Waals surface area contributed by atoms with Crippen molar-refractivity contribution >= 4 is 11.6 Å². The molecule has 1 aromatic heterocycles. The molecule has 1 fully saturated rings. The third-order valence-electron chi connectivity index (χ3n) is 3.61. The molecule has 4 nitrogen and oxygen atoms in total. The molecule has 0 spiro atoms. The summed E-state index contributed by atoms with van der Waals surface area (Å²) in [7, 11) is 0. The molecule has 0 saturated carbocycles. The van der Waals surface area contributed by atoms with Gasteiger partial charge < -0.3 is 14.0 Å². The van der Waals surface area contributed by atoms with Crippen molar-refractivity contribution in [2.75, 3.05) is 6.61 Å². The topological polar surface area (TPSA) is 36.3 Å². The highest BCUT2D eigenvalue weighted by Gasteiger charge is 2.44. The van der Waals surface area contributed by atoms with Gasteiger partial charge >= 0.3 is 0 Å². The van der Waals surface area contributed by atoms with E-state index in [2.05, 4.69) is 4.98 Å². The molecule has 1 aromatic carbocycles. The quantitative estimate of drug-likeness (QED) is 0.869. The third-order valence-corrected chi connectivity index (χ3v) is 3.92. The van der Waals surface area contributed by atoms with E-state index < -0.39 is 5.79 Å². The maximum Gasteiger partial charge on any atom is 0.215 e. The summed E-state index contributed by atoms with van der Waals surface area (Å²) in [5.41, 5.74) is 0.634. The van der Waals surface area contributed by atoms with E-state index in [1.165, 1.54) is 12.1 Å². The fraction of sp³-hybridized carbons (Fsp3) is 0.400. The van der Waals surface area contributed by atoms with Gasteiger partial charge in [0.25, 0.3) is 0 Å². The van der Waals surface area contributed by atoms with Gasteiger partial charge in [-0.05, 0) is 24.6 Å². The second-order valence-corrected chi connectivity index (χ2v) is 5.48. The normalized spacial score (nSPS) is 25.4. The molecule has 0 radical (unpaired) electrons. The molecule has 2 heterocycles. The smallest absolute Gasteiger partial charge is 0.215 e. The van der Waals surface area contributed by atoms with Crippen molar-refractivity contribution in [3.8, 4) is 0 Å². The summed E-state index contributed by atoms with van der Waals surface area (Å²) in [6.07, 6.45) is 6.03. The van der Waals surface area contributed by atoms with Crippen molar-refractivity contribution in [1.82, 2.24) is 9.55 Å². The Labute approximate surface area is 127 Å². The summed E-state index contributed by atoms with van der Waals surface area (Å²) in [5.74, 6) is -1.39. The predicted octanol–water partition coefficient (Wildman–Crippen LogP) is 3.35. The van der Waals surface area contributed by atoms with Crippen LogP contribution in [0.4, 0.5) is 4.39 Å². The van der Waals surface area contributed by atoms with E-state index in [4.69, 9.17) is 21.1 Å². The highest BCUT2D eigenvalue weighted by atomic mass is 35.5. The molecule has 0 aliphatic carbocycles. The summed E-state index contributed by atoms with van der Waals surface area (Å²) in [4.78, 5) is 4.02. The lowest BCUT2D eigenvalue weighted by molar-refractivity contribution is -0.187. The van der Waals surface area contributed by atoms with Crippen LogP contribution in [0.1, 0.15) is 18.9 Å². The largest absolute Gasteiger partial charge is 0.342 e. The lowest BCUT2D eigenvalue weighted by Crippen LogP contribution is -2.33. The van der Waals surface area contributed by atoms with Crippen molar-refractivity contribution in [1.29, 1.82) is 0 Å². The van der Waals surface area contributed by atoms with Crippen LogP contribution in [0.3, 0.4) is 0 Å². The van der Waals surface area contributed by atoms with Gasteiger partial charge in [0.15, 0.2) is 0 Å². The van der Waals surface area contributed by atoms with Crippen molar-refractivity contribution in [2.45, 2.75) is 31.8 Å². The van der Waals surface area contributed by atoms with E-state index in [-0.39, 0.29) is 11.9 Å². The molecule has 0 bridgehead atoms. The first-order chi connectivity index (χ1) is 10.1. The molecule has 1 saturated heterocycles. The molecule has 0 N–H and O–H groups in total. The average molecular weight is 311 g/mol. The standard InChI is InChI=1S/C15H16ClFN2O2/c1-2-12-8-20-15(21-12,9-19-6-5-18-10-19)13-4-3-11(17)7-14(13)16/h3-7,10,12H,2,8-9H2,1H3. The van der Waals surface area contributed by atoms with Crippen LogP contribution >= 0.6 is 11.6 Å². The second kappa shape index (κ2) is 5.75. The molecular weight excluding hydrogens is 295 g/mol. The molecule has 6 heteroatoms. The fourth-order valence-electron chi connectivity index (χ4n) is 2.49. The summed E-state index contributed by atoms with van der Waals surface area (Å²) >= 11 is 6.21. The number of benzene rings is 1. The Morgan fingerprint density at radius 3 is 3.00 bits per heavy atom. The van der Waals surface area contributed by atoms with Crippen molar-refractivity contribution in [3.63, 3.8) is 0 Å². The van der Waals surface area contributed by atoms with Gasteiger partial charge in [0.2, 0.25) is 5.79 Å². The van der Waals surface area contributed by atoms with Gasteiger partial charge in [-0.25, -0.2) is 9.37 Å². The first-order valence-corrected chi connectivity index (χ1v) is 7.24. The van der Waals surface area contributed by atoms with Crippen LogP contribution in [0.25, 0.3) is 0 Å². The molecule has 112 valence electrons. The summed E-state index contributed by atoms with van der Waals surface area (Å²) in [6.45, 7) is 2.93. The van der Waals surface area contributed by atoms with Crippen LogP contribution in [0, 0.1) is 5.82 Å². The lowest BCUT2D eigenvalue weighted by Gasteiger charge is -2.29. The van der Waals surface area contributed by atoms with E-state index in [1.807, 2.05) is 17.7 Å².